The molecule has 2 heteroatoms. The van der Waals surface area contributed by atoms with Gasteiger partial charge in [-0.2, -0.15) is 0 Å². The highest BCUT2D eigenvalue weighted by Crippen LogP contribution is 2.26. The van der Waals surface area contributed by atoms with E-state index < -0.39 is 0 Å². The van der Waals surface area contributed by atoms with Crippen LogP contribution in [0.2, 0.25) is 5.02 Å². The molecule has 0 nitrogen and oxygen atoms in total. The predicted octanol–water partition coefficient (Wildman–Crippen LogP) is 4.23. The molecule has 0 N–H and O–H groups in total. The molecule has 0 radical (unpaired) electrons. The smallest absolute Gasteiger partial charge is 0.0484 e. The van der Waals surface area contributed by atoms with Crippen molar-refractivity contribution in [3.63, 3.8) is 0 Å². The minimum Gasteiger partial charge on any atom is -0.122 e. The van der Waals surface area contributed by atoms with Crippen molar-refractivity contribution in [2.24, 2.45) is 0 Å². The average Bonchev–Trinajstić information content (AvgIpc) is 2.19. The van der Waals surface area contributed by atoms with E-state index in [9.17, 15) is 0 Å². The van der Waals surface area contributed by atoms with Gasteiger partial charge >= 0.3 is 0 Å². The minimum atomic E-state index is 0.525. The van der Waals surface area contributed by atoms with Gasteiger partial charge in [-0.1, -0.05) is 41.9 Å². The van der Waals surface area contributed by atoms with E-state index in [1.807, 2.05) is 36.4 Å². The van der Waals surface area contributed by atoms with Crippen molar-refractivity contribution in [2.45, 2.75) is 5.88 Å². The molecule has 0 saturated carbocycles. The van der Waals surface area contributed by atoms with Gasteiger partial charge in [0.1, 0.15) is 0 Å². The Kier molecular flexibility index (Phi) is 2.43. The van der Waals surface area contributed by atoms with Gasteiger partial charge in [-0.15, -0.1) is 11.6 Å². The third kappa shape index (κ3) is 1.52. The molecule has 0 unspecified atom stereocenters. The Morgan fingerprint density at radius 3 is 2.31 bits per heavy atom. The second-order valence-corrected chi connectivity index (χ2v) is 3.56. The molecule has 2 aromatic rings. The monoisotopic (exact) mass is 210 g/mol. The first-order valence-electron chi connectivity index (χ1n) is 4.05. The van der Waals surface area contributed by atoms with E-state index in [0.717, 1.165) is 21.4 Å². The minimum absolute atomic E-state index is 0.525. The van der Waals surface area contributed by atoms with E-state index >= 15 is 0 Å². The van der Waals surface area contributed by atoms with Gasteiger partial charge in [0.15, 0.2) is 0 Å². The molecule has 2 aromatic carbocycles. The van der Waals surface area contributed by atoms with Crippen LogP contribution in [0.1, 0.15) is 5.56 Å². The van der Waals surface area contributed by atoms with Gasteiger partial charge in [-0.25, -0.2) is 0 Å². The van der Waals surface area contributed by atoms with Crippen LogP contribution in [-0.2, 0) is 5.88 Å². The average molecular weight is 211 g/mol. The zero-order valence-corrected chi connectivity index (χ0v) is 8.44. The maximum absolute atomic E-state index is 6.04. The van der Waals surface area contributed by atoms with Gasteiger partial charge in [0, 0.05) is 16.3 Å². The third-order valence-electron chi connectivity index (χ3n) is 2.11. The topological polar surface area (TPSA) is 0 Å². The number of rotatable bonds is 1. The summed E-state index contributed by atoms with van der Waals surface area (Å²) >= 11 is 11.9. The lowest BCUT2D eigenvalue weighted by molar-refractivity contribution is 1.45. The van der Waals surface area contributed by atoms with E-state index in [-0.39, 0.29) is 0 Å². The highest BCUT2D eigenvalue weighted by molar-refractivity contribution is 6.35. The quantitative estimate of drug-likeness (QED) is 0.619. The molecule has 0 heterocycles. The molecule has 66 valence electrons. The molecule has 0 amide bonds. The Labute approximate surface area is 87.1 Å². The van der Waals surface area contributed by atoms with Crippen molar-refractivity contribution in [3.05, 3.63) is 47.0 Å². The predicted molar refractivity (Wildman–Crippen MR) is 58.5 cm³/mol. The number of benzene rings is 2. The summed E-state index contributed by atoms with van der Waals surface area (Å²) in [7, 11) is 0. The lowest BCUT2D eigenvalue weighted by Crippen LogP contribution is -1.82. The van der Waals surface area contributed by atoms with Gasteiger partial charge < -0.3 is 0 Å². The van der Waals surface area contributed by atoms with Crippen LogP contribution in [0.25, 0.3) is 10.8 Å². The fourth-order valence-corrected chi connectivity index (χ4v) is 1.90. The summed E-state index contributed by atoms with van der Waals surface area (Å²) in [5, 5.41) is 3.00. The van der Waals surface area contributed by atoms with Crippen LogP contribution in [0.15, 0.2) is 36.4 Å². The van der Waals surface area contributed by atoms with Gasteiger partial charge in [-0.3, -0.25) is 0 Å². The highest BCUT2D eigenvalue weighted by atomic mass is 35.5. The van der Waals surface area contributed by atoms with E-state index in [0.29, 0.717) is 5.88 Å². The van der Waals surface area contributed by atoms with E-state index in [4.69, 9.17) is 23.2 Å². The molecule has 13 heavy (non-hydrogen) atoms. The van der Waals surface area contributed by atoms with Crippen LogP contribution >= 0.6 is 23.2 Å². The molecule has 0 atom stereocenters. The van der Waals surface area contributed by atoms with Crippen molar-refractivity contribution >= 4 is 34.0 Å². The summed E-state index contributed by atoms with van der Waals surface area (Å²) in [6.07, 6.45) is 0. The maximum Gasteiger partial charge on any atom is 0.0484 e. The van der Waals surface area contributed by atoms with Crippen LogP contribution in [0.5, 0.6) is 0 Å². The molecular formula is C11H8Cl2. The summed E-state index contributed by atoms with van der Waals surface area (Å²) in [6, 6.07) is 11.9. The third-order valence-corrected chi connectivity index (χ3v) is 2.72. The first-order valence-corrected chi connectivity index (χ1v) is 4.96. The number of alkyl halides is 1. The van der Waals surface area contributed by atoms with Crippen LogP contribution in [0.3, 0.4) is 0 Å². The van der Waals surface area contributed by atoms with E-state index in [1.54, 1.807) is 0 Å². The molecule has 2 rings (SSSR count). The standard InChI is InChI=1S/C11H8Cl2/c12-7-8-5-6-11(13)10-4-2-1-3-9(8)10/h1-6H,7H2. The molecule has 0 spiro atoms. The molecule has 0 bridgehead atoms. The number of hydrogen-bond donors (Lipinski definition) is 0. The lowest BCUT2D eigenvalue weighted by atomic mass is 10.1. The van der Waals surface area contributed by atoms with Gasteiger partial charge in [0.25, 0.3) is 0 Å². The Balaban J connectivity index is 2.84. The zero-order chi connectivity index (χ0) is 9.26. The largest absolute Gasteiger partial charge is 0.122 e. The van der Waals surface area contributed by atoms with Gasteiger partial charge in [0.05, 0.1) is 0 Å². The molecular weight excluding hydrogens is 203 g/mol. The second-order valence-electron chi connectivity index (χ2n) is 2.89. The summed E-state index contributed by atoms with van der Waals surface area (Å²) in [5.41, 5.74) is 1.13. The summed E-state index contributed by atoms with van der Waals surface area (Å²) < 4.78 is 0. The van der Waals surface area contributed by atoms with Crippen molar-refractivity contribution in [1.82, 2.24) is 0 Å². The van der Waals surface area contributed by atoms with Crippen molar-refractivity contribution in [2.75, 3.05) is 0 Å². The normalized spacial score (nSPS) is 10.6. The molecule has 0 fully saturated rings. The second kappa shape index (κ2) is 3.57. The first-order chi connectivity index (χ1) is 6.33. The van der Waals surface area contributed by atoms with Crippen LogP contribution < -0.4 is 0 Å². The van der Waals surface area contributed by atoms with E-state index in [1.165, 1.54) is 0 Å². The van der Waals surface area contributed by atoms with E-state index in [2.05, 4.69) is 0 Å². The lowest BCUT2D eigenvalue weighted by Gasteiger charge is -2.04. The molecule has 0 aliphatic rings. The molecule has 0 saturated heterocycles. The van der Waals surface area contributed by atoms with Crippen LogP contribution in [0, 0.1) is 0 Å². The maximum atomic E-state index is 6.04. The Morgan fingerprint density at radius 1 is 0.923 bits per heavy atom. The van der Waals surface area contributed by atoms with Crippen molar-refractivity contribution in [1.29, 1.82) is 0 Å². The van der Waals surface area contributed by atoms with Crippen LogP contribution in [-0.4, -0.2) is 0 Å². The summed E-state index contributed by atoms with van der Waals surface area (Å²) in [5.74, 6) is 0.525. The molecule has 0 aromatic heterocycles. The zero-order valence-electron chi connectivity index (χ0n) is 6.93. The fourth-order valence-electron chi connectivity index (χ4n) is 1.44. The van der Waals surface area contributed by atoms with Gasteiger partial charge in [-0.05, 0) is 17.0 Å². The number of halogens is 2. The fraction of sp³-hybridized carbons (Fsp3) is 0.0909. The first kappa shape index (κ1) is 8.86. The highest BCUT2D eigenvalue weighted by Gasteiger charge is 2.01. The van der Waals surface area contributed by atoms with Gasteiger partial charge in [0.2, 0.25) is 0 Å². The molecule has 0 aliphatic carbocycles. The molecule has 0 aliphatic heterocycles. The van der Waals surface area contributed by atoms with Crippen LogP contribution in [0.4, 0.5) is 0 Å². The number of fused-ring (bicyclic) bond motifs is 1. The Morgan fingerprint density at radius 2 is 1.62 bits per heavy atom. The summed E-state index contributed by atoms with van der Waals surface area (Å²) in [6.45, 7) is 0. The summed E-state index contributed by atoms with van der Waals surface area (Å²) in [4.78, 5) is 0. The Bertz CT molecular complexity index is 435. The SMILES string of the molecule is ClCc1ccc(Cl)c2ccccc12. The van der Waals surface area contributed by atoms with Crippen molar-refractivity contribution in [3.8, 4) is 0 Å². The Hall–Kier alpha value is -0.720. The van der Waals surface area contributed by atoms with Crippen molar-refractivity contribution < 1.29 is 0 Å². The number of hydrogen-bond acceptors (Lipinski definition) is 0.